The van der Waals surface area contributed by atoms with Gasteiger partial charge in [-0.2, -0.15) is 0 Å². The summed E-state index contributed by atoms with van der Waals surface area (Å²) in [6.45, 7) is 4.80. The third-order valence-electron chi connectivity index (χ3n) is 1.38. The number of nitrogens with zero attached hydrogens (tertiary/aromatic N) is 1. The Labute approximate surface area is 71.2 Å². The van der Waals surface area contributed by atoms with Crippen molar-refractivity contribution in [2.24, 2.45) is 0 Å². The number of thiocarbonyl (C=S) groups is 1. The number of aromatic amines is 1. The third-order valence-corrected chi connectivity index (χ3v) is 1.72. The van der Waals surface area contributed by atoms with Gasteiger partial charge in [0.15, 0.2) is 0 Å². The second-order valence-electron chi connectivity index (χ2n) is 2.24. The lowest BCUT2D eigenvalue weighted by molar-refractivity contribution is 0.976. The first kappa shape index (κ1) is 8.20. The van der Waals surface area contributed by atoms with E-state index in [9.17, 15) is 0 Å². The van der Waals surface area contributed by atoms with Gasteiger partial charge in [-0.25, -0.2) is 4.98 Å². The van der Waals surface area contributed by atoms with Crippen LogP contribution >= 0.6 is 12.2 Å². The van der Waals surface area contributed by atoms with E-state index < -0.39 is 0 Å². The van der Waals surface area contributed by atoms with Crippen LogP contribution in [0.15, 0.2) is 6.33 Å². The van der Waals surface area contributed by atoms with Crippen LogP contribution in [0.25, 0.3) is 0 Å². The summed E-state index contributed by atoms with van der Waals surface area (Å²) < 4.78 is 0. The van der Waals surface area contributed by atoms with Crippen LogP contribution in [-0.4, -0.2) is 21.5 Å². The van der Waals surface area contributed by atoms with Gasteiger partial charge < -0.3 is 10.3 Å². The Morgan fingerprint density at radius 3 is 3.00 bits per heavy atom. The average Bonchev–Trinajstić information content (AvgIpc) is 2.36. The molecule has 60 valence electrons. The number of rotatable bonds is 2. The zero-order valence-electron chi connectivity index (χ0n) is 6.64. The quantitative estimate of drug-likeness (QED) is 0.649. The molecule has 1 aromatic heterocycles. The number of imidazole rings is 1. The van der Waals surface area contributed by atoms with Gasteiger partial charge in [-0.05, 0) is 13.8 Å². The molecule has 1 rings (SSSR count). The van der Waals surface area contributed by atoms with Gasteiger partial charge in [0.2, 0.25) is 0 Å². The second-order valence-corrected chi connectivity index (χ2v) is 2.64. The maximum absolute atomic E-state index is 5.07. The maximum Gasteiger partial charge on any atom is 0.127 e. The first-order valence-corrected chi connectivity index (χ1v) is 3.94. The minimum atomic E-state index is 0.714. The van der Waals surface area contributed by atoms with E-state index in [1.807, 2.05) is 13.8 Å². The summed E-state index contributed by atoms with van der Waals surface area (Å²) in [5, 5.41) is 3.04. The summed E-state index contributed by atoms with van der Waals surface area (Å²) in [5.74, 6) is 0. The summed E-state index contributed by atoms with van der Waals surface area (Å²) in [5.41, 5.74) is 1.86. The molecule has 2 N–H and O–H groups in total. The number of hydrogen-bond acceptors (Lipinski definition) is 2. The number of aryl methyl sites for hydroxylation is 1. The SMILES string of the molecule is CCNC(=S)c1nc[nH]c1C. The van der Waals surface area contributed by atoms with Gasteiger partial charge in [-0.3, -0.25) is 0 Å². The molecule has 0 spiro atoms. The zero-order valence-corrected chi connectivity index (χ0v) is 7.46. The van der Waals surface area contributed by atoms with Gasteiger partial charge >= 0.3 is 0 Å². The molecule has 3 nitrogen and oxygen atoms in total. The van der Waals surface area contributed by atoms with Gasteiger partial charge in [0.1, 0.15) is 10.7 Å². The summed E-state index contributed by atoms with van der Waals surface area (Å²) in [6.07, 6.45) is 1.65. The highest BCUT2D eigenvalue weighted by Crippen LogP contribution is 2.00. The highest BCUT2D eigenvalue weighted by Gasteiger charge is 2.04. The minimum absolute atomic E-state index is 0.714. The molecule has 0 amide bonds. The molecule has 0 aliphatic heterocycles. The lowest BCUT2D eigenvalue weighted by Crippen LogP contribution is -2.22. The summed E-state index contributed by atoms with van der Waals surface area (Å²) in [6, 6.07) is 0. The summed E-state index contributed by atoms with van der Waals surface area (Å²) in [4.78, 5) is 7.76. The minimum Gasteiger partial charge on any atom is -0.375 e. The van der Waals surface area contributed by atoms with Crippen molar-refractivity contribution in [3.63, 3.8) is 0 Å². The molecular weight excluding hydrogens is 158 g/mol. The van der Waals surface area contributed by atoms with Crippen molar-refractivity contribution in [2.45, 2.75) is 13.8 Å². The Morgan fingerprint density at radius 1 is 1.82 bits per heavy atom. The predicted molar refractivity (Wildman–Crippen MR) is 48.7 cm³/mol. The Morgan fingerprint density at radius 2 is 2.55 bits per heavy atom. The van der Waals surface area contributed by atoms with Crippen LogP contribution in [-0.2, 0) is 0 Å². The fraction of sp³-hybridized carbons (Fsp3) is 0.429. The van der Waals surface area contributed by atoms with Crippen LogP contribution in [0.5, 0.6) is 0 Å². The molecule has 0 unspecified atom stereocenters. The van der Waals surface area contributed by atoms with Gasteiger partial charge in [-0.1, -0.05) is 12.2 Å². The van der Waals surface area contributed by atoms with Crippen LogP contribution in [0.2, 0.25) is 0 Å². The third kappa shape index (κ3) is 1.77. The molecule has 1 heterocycles. The van der Waals surface area contributed by atoms with Gasteiger partial charge in [0.25, 0.3) is 0 Å². The molecular formula is C7H11N3S. The molecule has 0 aromatic carbocycles. The highest BCUT2D eigenvalue weighted by atomic mass is 32.1. The molecule has 0 atom stereocenters. The molecule has 0 bridgehead atoms. The summed E-state index contributed by atoms with van der Waals surface area (Å²) >= 11 is 5.07. The number of nitrogens with one attached hydrogen (secondary N) is 2. The van der Waals surface area contributed by atoms with Crippen molar-refractivity contribution in [3.05, 3.63) is 17.7 Å². The fourth-order valence-corrected chi connectivity index (χ4v) is 1.18. The average molecular weight is 169 g/mol. The molecule has 0 saturated carbocycles. The van der Waals surface area contributed by atoms with Crippen LogP contribution in [0.4, 0.5) is 0 Å². The van der Waals surface area contributed by atoms with Crippen LogP contribution in [0, 0.1) is 6.92 Å². The van der Waals surface area contributed by atoms with E-state index in [2.05, 4.69) is 15.3 Å². The van der Waals surface area contributed by atoms with Crippen molar-refractivity contribution in [2.75, 3.05) is 6.54 Å². The Bertz CT molecular complexity index is 254. The highest BCUT2D eigenvalue weighted by molar-refractivity contribution is 7.80. The molecule has 1 aromatic rings. The van der Waals surface area contributed by atoms with E-state index in [0.29, 0.717) is 4.99 Å². The second kappa shape index (κ2) is 3.48. The first-order chi connectivity index (χ1) is 5.25. The standard InChI is InChI=1S/C7H11N3S/c1-3-8-7(11)6-5(2)9-4-10-6/h4H,3H2,1-2H3,(H,8,11)(H,9,10). The molecule has 0 aliphatic rings. The maximum atomic E-state index is 5.07. The van der Waals surface area contributed by atoms with Crippen molar-refractivity contribution >= 4 is 17.2 Å². The molecule has 0 fully saturated rings. The van der Waals surface area contributed by atoms with E-state index >= 15 is 0 Å². The predicted octanol–water partition coefficient (Wildman–Crippen LogP) is 1.00. The van der Waals surface area contributed by atoms with Gasteiger partial charge in [0.05, 0.1) is 6.33 Å². The Balaban J connectivity index is 2.76. The fourth-order valence-electron chi connectivity index (χ4n) is 0.832. The van der Waals surface area contributed by atoms with Gasteiger partial charge in [0, 0.05) is 12.2 Å². The lowest BCUT2D eigenvalue weighted by Gasteiger charge is -2.01. The smallest absolute Gasteiger partial charge is 0.127 e. The zero-order chi connectivity index (χ0) is 8.27. The van der Waals surface area contributed by atoms with Crippen molar-refractivity contribution in [1.29, 1.82) is 0 Å². The van der Waals surface area contributed by atoms with E-state index in [0.717, 1.165) is 17.9 Å². The monoisotopic (exact) mass is 169 g/mol. The van der Waals surface area contributed by atoms with Crippen molar-refractivity contribution in [1.82, 2.24) is 15.3 Å². The van der Waals surface area contributed by atoms with Crippen LogP contribution in [0.3, 0.4) is 0 Å². The van der Waals surface area contributed by atoms with E-state index in [-0.39, 0.29) is 0 Å². The van der Waals surface area contributed by atoms with Crippen LogP contribution in [0.1, 0.15) is 18.3 Å². The number of hydrogen-bond donors (Lipinski definition) is 2. The normalized spacial score (nSPS) is 9.64. The van der Waals surface area contributed by atoms with E-state index in [1.54, 1.807) is 6.33 Å². The van der Waals surface area contributed by atoms with E-state index in [4.69, 9.17) is 12.2 Å². The number of H-pyrrole nitrogens is 1. The largest absolute Gasteiger partial charge is 0.375 e. The molecule has 4 heteroatoms. The Kier molecular flexibility index (Phi) is 2.59. The first-order valence-electron chi connectivity index (χ1n) is 3.54. The molecule has 0 saturated heterocycles. The van der Waals surface area contributed by atoms with Gasteiger partial charge in [-0.15, -0.1) is 0 Å². The number of aromatic nitrogens is 2. The van der Waals surface area contributed by atoms with E-state index in [1.165, 1.54) is 0 Å². The van der Waals surface area contributed by atoms with Crippen molar-refractivity contribution in [3.8, 4) is 0 Å². The van der Waals surface area contributed by atoms with Crippen LogP contribution < -0.4 is 5.32 Å². The Hall–Kier alpha value is -0.900. The lowest BCUT2D eigenvalue weighted by atomic mass is 10.3. The molecule has 0 radical (unpaired) electrons. The molecule has 11 heavy (non-hydrogen) atoms. The topological polar surface area (TPSA) is 40.7 Å². The van der Waals surface area contributed by atoms with Crippen molar-refractivity contribution < 1.29 is 0 Å². The summed E-state index contributed by atoms with van der Waals surface area (Å²) in [7, 11) is 0. The molecule has 0 aliphatic carbocycles.